The van der Waals surface area contributed by atoms with E-state index in [0.29, 0.717) is 18.5 Å². The molecular formula is C14H16N4O2. The van der Waals surface area contributed by atoms with Crippen molar-refractivity contribution in [3.8, 4) is 5.75 Å². The number of hydrogen-bond donors (Lipinski definition) is 2. The van der Waals surface area contributed by atoms with E-state index in [4.69, 9.17) is 4.74 Å². The van der Waals surface area contributed by atoms with Gasteiger partial charge in [0.05, 0.1) is 11.9 Å². The molecule has 0 spiro atoms. The molecule has 104 valence electrons. The van der Waals surface area contributed by atoms with Gasteiger partial charge in [0.2, 0.25) is 0 Å². The zero-order valence-corrected chi connectivity index (χ0v) is 11.2. The summed E-state index contributed by atoms with van der Waals surface area (Å²) < 4.78 is 5.62. The standard InChI is InChI=1S/C14H16N4O2/c1-9-6-11-7-10(2-3-13(11)20-9)14(19)15-5-4-12-8-16-18-17-12/h2-3,7-9H,4-6H2,1H3,(H,15,19)(H,16,17,18)/t9-/m0/s1. The monoisotopic (exact) mass is 272 g/mol. The first-order valence-corrected chi connectivity index (χ1v) is 6.65. The molecule has 0 unspecified atom stereocenters. The fourth-order valence-corrected chi connectivity index (χ4v) is 2.32. The van der Waals surface area contributed by atoms with Gasteiger partial charge in [-0.1, -0.05) is 0 Å². The average molecular weight is 272 g/mol. The van der Waals surface area contributed by atoms with Gasteiger partial charge in [-0.15, -0.1) is 0 Å². The molecular weight excluding hydrogens is 256 g/mol. The minimum Gasteiger partial charge on any atom is -0.490 e. The Hall–Kier alpha value is -2.37. The summed E-state index contributed by atoms with van der Waals surface area (Å²) in [7, 11) is 0. The number of nitrogens with zero attached hydrogens (tertiary/aromatic N) is 2. The molecule has 0 fully saturated rings. The molecule has 3 rings (SSSR count). The van der Waals surface area contributed by atoms with Crippen molar-refractivity contribution in [3.05, 3.63) is 41.2 Å². The Balaban J connectivity index is 1.59. The number of aromatic nitrogens is 3. The number of aromatic amines is 1. The average Bonchev–Trinajstić information content (AvgIpc) is 3.05. The Morgan fingerprint density at radius 2 is 2.45 bits per heavy atom. The highest BCUT2D eigenvalue weighted by Crippen LogP contribution is 2.29. The van der Waals surface area contributed by atoms with Crippen LogP contribution < -0.4 is 10.1 Å². The van der Waals surface area contributed by atoms with Crippen molar-refractivity contribution >= 4 is 5.91 Å². The number of benzene rings is 1. The molecule has 2 N–H and O–H groups in total. The zero-order chi connectivity index (χ0) is 13.9. The van der Waals surface area contributed by atoms with Gasteiger partial charge in [0, 0.05) is 24.9 Å². The topological polar surface area (TPSA) is 79.9 Å². The van der Waals surface area contributed by atoms with Crippen LogP contribution in [0, 0.1) is 0 Å². The lowest BCUT2D eigenvalue weighted by atomic mass is 10.1. The van der Waals surface area contributed by atoms with Gasteiger partial charge in [0.1, 0.15) is 11.9 Å². The SMILES string of the molecule is C[C@H]1Cc2cc(C(=O)NCCc3cn[nH]n3)ccc2O1. The van der Waals surface area contributed by atoms with Crippen LogP contribution in [0.25, 0.3) is 0 Å². The van der Waals surface area contributed by atoms with E-state index in [9.17, 15) is 4.79 Å². The maximum absolute atomic E-state index is 12.1. The fourth-order valence-electron chi connectivity index (χ4n) is 2.32. The Bertz CT molecular complexity index is 610. The van der Waals surface area contributed by atoms with E-state index in [1.54, 1.807) is 12.3 Å². The van der Waals surface area contributed by atoms with Crippen LogP contribution in [0.15, 0.2) is 24.4 Å². The minimum atomic E-state index is -0.0733. The quantitative estimate of drug-likeness (QED) is 0.873. The highest BCUT2D eigenvalue weighted by atomic mass is 16.5. The number of amides is 1. The van der Waals surface area contributed by atoms with E-state index in [-0.39, 0.29) is 12.0 Å². The second kappa shape index (κ2) is 5.32. The smallest absolute Gasteiger partial charge is 0.251 e. The van der Waals surface area contributed by atoms with E-state index >= 15 is 0 Å². The Morgan fingerprint density at radius 3 is 3.25 bits per heavy atom. The number of rotatable bonds is 4. The first kappa shape index (κ1) is 12.7. The van der Waals surface area contributed by atoms with Crippen LogP contribution in [0.1, 0.15) is 28.5 Å². The summed E-state index contributed by atoms with van der Waals surface area (Å²) in [5, 5.41) is 13.1. The van der Waals surface area contributed by atoms with Gasteiger partial charge >= 0.3 is 0 Å². The van der Waals surface area contributed by atoms with Gasteiger partial charge in [-0.2, -0.15) is 15.4 Å². The van der Waals surface area contributed by atoms with Crippen molar-refractivity contribution in [2.75, 3.05) is 6.54 Å². The van der Waals surface area contributed by atoms with Gasteiger partial charge in [0.25, 0.3) is 5.91 Å². The molecule has 1 aromatic carbocycles. The van der Waals surface area contributed by atoms with Crippen molar-refractivity contribution < 1.29 is 9.53 Å². The first-order chi connectivity index (χ1) is 9.72. The van der Waals surface area contributed by atoms with E-state index in [1.807, 2.05) is 19.1 Å². The van der Waals surface area contributed by atoms with E-state index in [0.717, 1.165) is 23.4 Å². The van der Waals surface area contributed by atoms with Crippen LogP contribution in [0.2, 0.25) is 0 Å². The van der Waals surface area contributed by atoms with Crippen molar-refractivity contribution in [2.24, 2.45) is 0 Å². The lowest BCUT2D eigenvalue weighted by molar-refractivity contribution is 0.0954. The normalized spacial score (nSPS) is 16.6. The molecule has 1 aromatic heterocycles. The lowest BCUT2D eigenvalue weighted by Crippen LogP contribution is -2.25. The first-order valence-electron chi connectivity index (χ1n) is 6.65. The highest BCUT2D eigenvalue weighted by Gasteiger charge is 2.20. The molecule has 1 amide bonds. The van der Waals surface area contributed by atoms with E-state index in [2.05, 4.69) is 20.7 Å². The van der Waals surface area contributed by atoms with Crippen molar-refractivity contribution in [3.63, 3.8) is 0 Å². The molecule has 0 bridgehead atoms. The third kappa shape index (κ3) is 2.64. The largest absolute Gasteiger partial charge is 0.490 e. The maximum atomic E-state index is 12.1. The highest BCUT2D eigenvalue weighted by molar-refractivity contribution is 5.94. The molecule has 0 saturated carbocycles. The zero-order valence-electron chi connectivity index (χ0n) is 11.2. The second-order valence-electron chi connectivity index (χ2n) is 4.92. The Labute approximate surface area is 116 Å². The number of H-pyrrole nitrogens is 1. The van der Waals surface area contributed by atoms with Crippen LogP contribution in [0.4, 0.5) is 0 Å². The summed E-state index contributed by atoms with van der Waals surface area (Å²) in [5.41, 5.74) is 2.60. The molecule has 6 heteroatoms. The van der Waals surface area contributed by atoms with Crippen LogP contribution in [-0.4, -0.2) is 34.0 Å². The third-order valence-corrected chi connectivity index (χ3v) is 3.29. The van der Waals surface area contributed by atoms with Crippen LogP contribution in [0.3, 0.4) is 0 Å². The predicted octanol–water partition coefficient (Wildman–Crippen LogP) is 1.10. The third-order valence-electron chi connectivity index (χ3n) is 3.29. The number of carbonyl (C=O) groups is 1. The van der Waals surface area contributed by atoms with Crippen molar-refractivity contribution in [2.45, 2.75) is 25.9 Å². The summed E-state index contributed by atoms with van der Waals surface area (Å²) in [5.74, 6) is 0.812. The molecule has 20 heavy (non-hydrogen) atoms. The van der Waals surface area contributed by atoms with Crippen LogP contribution in [-0.2, 0) is 12.8 Å². The van der Waals surface area contributed by atoms with E-state index < -0.39 is 0 Å². The molecule has 1 aliphatic heterocycles. The maximum Gasteiger partial charge on any atom is 0.251 e. The number of hydrogen-bond acceptors (Lipinski definition) is 4. The van der Waals surface area contributed by atoms with Gasteiger partial charge < -0.3 is 10.1 Å². The van der Waals surface area contributed by atoms with Crippen LogP contribution in [0.5, 0.6) is 5.75 Å². The Kier molecular flexibility index (Phi) is 3.37. The second-order valence-corrected chi connectivity index (χ2v) is 4.92. The molecule has 0 radical (unpaired) electrons. The Morgan fingerprint density at radius 1 is 1.55 bits per heavy atom. The molecule has 0 aliphatic carbocycles. The summed E-state index contributed by atoms with van der Waals surface area (Å²) >= 11 is 0. The number of nitrogens with one attached hydrogen (secondary N) is 2. The number of fused-ring (bicyclic) bond motifs is 1. The molecule has 6 nitrogen and oxygen atoms in total. The lowest BCUT2D eigenvalue weighted by Gasteiger charge is -2.05. The van der Waals surface area contributed by atoms with Crippen molar-refractivity contribution in [1.29, 1.82) is 0 Å². The number of carbonyl (C=O) groups excluding carboxylic acids is 1. The molecule has 2 heterocycles. The molecule has 2 aromatic rings. The van der Waals surface area contributed by atoms with E-state index in [1.165, 1.54) is 0 Å². The van der Waals surface area contributed by atoms with Gasteiger partial charge in [-0.3, -0.25) is 4.79 Å². The van der Waals surface area contributed by atoms with Gasteiger partial charge in [0.15, 0.2) is 0 Å². The molecule has 1 aliphatic rings. The summed E-state index contributed by atoms with van der Waals surface area (Å²) in [6.07, 6.45) is 3.36. The van der Waals surface area contributed by atoms with Gasteiger partial charge in [-0.25, -0.2) is 0 Å². The summed E-state index contributed by atoms with van der Waals surface area (Å²) in [6, 6.07) is 5.57. The number of ether oxygens (including phenoxy) is 1. The van der Waals surface area contributed by atoms with Crippen molar-refractivity contribution in [1.82, 2.24) is 20.7 Å². The fraction of sp³-hybridized carbons (Fsp3) is 0.357. The molecule has 1 atom stereocenters. The summed E-state index contributed by atoms with van der Waals surface area (Å²) in [4.78, 5) is 12.1. The van der Waals surface area contributed by atoms with Gasteiger partial charge in [-0.05, 0) is 30.7 Å². The van der Waals surface area contributed by atoms with Crippen LogP contribution >= 0.6 is 0 Å². The minimum absolute atomic E-state index is 0.0733. The molecule has 0 saturated heterocycles. The predicted molar refractivity (Wildman–Crippen MR) is 72.7 cm³/mol. The summed E-state index contributed by atoms with van der Waals surface area (Å²) in [6.45, 7) is 2.56.